The predicted octanol–water partition coefficient (Wildman–Crippen LogP) is 13.2. The van der Waals surface area contributed by atoms with Crippen LogP contribution in [0.4, 0.5) is 184 Å². The molecule has 63 heavy (non-hydrogen) atoms. The minimum absolute atomic E-state index is 0. The van der Waals surface area contributed by atoms with Crippen LogP contribution in [0.2, 0.25) is 0 Å². The van der Waals surface area contributed by atoms with Crippen LogP contribution in [0.1, 0.15) is 0 Å². The summed E-state index contributed by atoms with van der Waals surface area (Å²) < 4.78 is 561. The summed E-state index contributed by atoms with van der Waals surface area (Å²) in [4.78, 5) is 0. The Morgan fingerprint density at radius 1 is 0.0952 bits per heavy atom. The smallest absolute Gasteiger partial charge is 0.192 e. The van der Waals surface area contributed by atoms with Crippen molar-refractivity contribution in [2.45, 2.75) is 119 Å². The molecule has 0 aromatic heterocycles. The van der Waals surface area contributed by atoms with Crippen LogP contribution in [0.15, 0.2) is 0 Å². The van der Waals surface area contributed by atoms with Gasteiger partial charge >= 0.3 is 119 Å². The summed E-state index contributed by atoms with van der Waals surface area (Å²) >= 11 is 0. The standard InChI is InChI=1S/C20F42.Li/c21-1(22,3(25,26)5(29,30)7(33,34)9(37,38)11(41,42)13(45,46)15(49,50)17(53,54)19(57,58)59)2(23,24)4(27,28)6(31,32)8(35,36)10(39,40)12(43,44)14(47,48)16(51,52)18(55,56)20(60,61)62;. The summed E-state index contributed by atoms with van der Waals surface area (Å²) in [6.07, 6.45) is -17.1. The molecule has 0 N–H and O–H groups in total. The molecular formula is C20F42Li. The summed E-state index contributed by atoms with van der Waals surface area (Å²) in [5.74, 6) is -183. The molecule has 0 nitrogen and oxygen atoms in total. The fourth-order valence-electron chi connectivity index (χ4n) is 3.51. The molecule has 0 aliphatic rings. The molecule has 0 aliphatic carbocycles. The first-order chi connectivity index (χ1) is 25.8. The van der Waals surface area contributed by atoms with E-state index < -0.39 is 119 Å². The average Bonchev–Trinajstić information content (AvgIpc) is 3.01. The first-order valence-electron chi connectivity index (χ1n) is 12.7. The van der Waals surface area contributed by atoms with Crippen molar-refractivity contribution in [3.05, 3.63) is 0 Å². The molecule has 43 heteroatoms. The molecule has 0 fully saturated rings. The van der Waals surface area contributed by atoms with E-state index in [4.69, 9.17) is 0 Å². The Morgan fingerprint density at radius 2 is 0.143 bits per heavy atom. The molecule has 0 spiro atoms. The zero-order chi connectivity index (χ0) is 52.0. The predicted molar refractivity (Wildman–Crippen MR) is 107 cm³/mol. The molecule has 0 amide bonds. The van der Waals surface area contributed by atoms with Gasteiger partial charge in [-0.05, 0) is 0 Å². The number of alkyl halides is 42. The fraction of sp³-hybridized carbons (Fsp3) is 1.00. The van der Waals surface area contributed by atoms with Crippen molar-refractivity contribution in [3.8, 4) is 0 Å². The number of hydrogen-bond acceptors (Lipinski definition) is 0. The van der Waals surface area contributed by atoms with E-state index in [0.717, 1.165) is 0 Å². The van der Waals surface area contributed by atoms with Gasteiger partial charge in [0.2, 0.25) is 0 Å². The minimum Gasteiger partial charge on any atom is -0.192 e. The van der Waals surface area contributed by atoms with Gasteiger partial charge in [0.1, 0.15) is 0 Å². The average molecular weight is 1050 g/mol. The quantitative estimate of drug-likeness (QED) is 0.101. The Labute approximate surface area is 323 Å². The summed E-state index contributed by atoms with van der Waals surface area (Å²) in [5, 5.41) is 0. The second-order valence-corrected chi connectivity index (χ2v) is 11.3. The Hall–Kier alpha value is -2.34. The molecular weight excluding hydrogens is 1050 g/mol. The Kier molecular flexibility index (Phi) is 14.8. The molecule has 0 heterocycles. The van der Waals surface area contributed by atoms with Gasteiger partial charge in [0, 0.05) is 18.9 Å². The fourth-order valence-corrected chi connectivity index (χ4v) is 3.51. The van der Waals surface area contributed by atoms with Crippen LogP contribution in [-0.4, -0.2) is 138 Å². The Bertz CT molecular complexity index is 1510. The van der Waals surface area contributed by atoms with Crippen molar-refractivity contribution in [3.63, 3.8) is 0 Å². The van der Waals surface area contributed by atoms with Gasteiger partial charge in [-0.1, -0.05) is 0 Å². The van der Waals surface area contributed by atoms with Gasteiger partial charge in [0.25, 0.3) is 0 Å². The van der Waals surface area contributed by atoms with Crippen LogP contribution >= 0.6 is 0 Å². The Balaban J connectivity index is 0. The molecule has 0 unspecified atom stereocenters. The van der Waals surface area contributed by atoms with Gasteiger partial charge in [-0.25, -0.2) is 0 Å². The van der Waals surface area contributed by atoms with Gasteiger partial charge < -0.3 is 0 Å². The molecule has 0 aromatic rings. The van der Waals surface area contributed by atoms with Gasteiger partial charge in [0.05, 0.1) is 0 Å². The third-order valence-corrected chi connectivity index (χ3v) is 7.42. The molecule has 375 valence electrons. The maximum absolute atomic E-state index is 13.9. The largest absolute Gasteiger partial charge is 0.460 e. The molecule has 1 radical (unpaired) electrons. The van der Waals surface area contributed by atoms with Crippen molar-refractivity contribution in [1.82, 2.24) is 0 Å². The summed E-state index contributed by atoms with van der Waals surface area (Å²) in [7, 11) is 0. The second-order valence-electron chi connectivity index (χ2n) is 11.3. The topological polar surface area (TPSA) is 0 Å². The van der Waals surface area contributed by atoms with Gasteiger partial charge in [-0.15, -0.1) is 0 Å². The maximum Gasteiger partial charge on any atom is 0.460 e. The number of rotatable bonds is 17. The zero-order valence-corrected chi connectivity index (χ0v) is 26.9. The number of hydrogen-bond donors (Lipinski definition) is 0. The van der Waals surface area contributed by atoms with Gasteiger partial charge in [-0.3, -0.25) is 0 Å². The van der Waals surface area contributed by atoms with Crippen LogP contribution < -0.4 is 0 Å². The van der Waals surface area contributed by atoms with Crippen molar-refractivity contribution in [2.24, 2.45) is 0 Å². The van der Waals surface area contributed by atoms with Crippen molar-refractivity contribution in [1.29, 1.82) is 0 Å². The molecule has 0 saturated carbocycles. The molecule has 0 atom stereocenters. The van der Waals surface area contributed by atoms with Crippen LogP contribution in [0, 0.1) is 0 Å². The summed E-state index contributed by atoms with van der Waals surface area (Å²) in [6, 6.07) is 0. The van der Waals surface area contributed by atoms with E-state index in [2.05, 4.69) is 0 Å². The molecule has 0 bridgehead atoms. The molecule has 0 saturated heterocycles. The zero-order valence-electron chi connectivity index (χ0n) is 26.9. The SMILES string of the molecule is FC(F)(F)C(F)(F)C(F)(F)C(F)(F)C(F)(F)C(F)(F)C(F)(F)C(F)(F)C(F)(F)C(F)(F)C(F)(F)C(F)(F)C(F)(F)C(F)(F)C(F)(F)C(F)(F)C(F)(F)C(F)(F)C(F)(F)C(F)(F)F.[Li]. The van der Waals surface area contributed by atoms with E-state index in [1.165, 1.54) is 0 Å². The van der Waals surface area contributed by atoms with Gasteiger partial charge in [-0.2, -0.15) is 184 Å². The minimum atomic E-state index is -10.6. The van der Waals surface area contributed by atoms with E-state index in [9.17, 15) is 184 Å². The monoisotopic (exact) mass is 1040 g/mol. The van der Waals surface area contributed by atoms with E-state index in [1.807, 2.05) is 0 Å². The maximum atomic E-state index is 13.9. The first kappa shape index (κ1) is 62.7. The molecule has 0 aromatic carbocycles. The second kappa shape index (κ2) is 14.8. The van der Waals surface area contributed by atoms with E-state index in [1.54, 1.807) is 0 Å². The van der Waals surface area contributed by atoms with Crippen LogP contribution in [0.3, 0.4) is 0 Å². The normalized spacial score (nSPS) is 17.2. The van der Waals surface area contributed by atoms with Crippen LogP contribution in [-0.2, 0) is 0 Å². The third kappa shape index (κ3) is 6.97. The summed E-state index contributed by atoms with van der Waals surface area (Å²) in [5.41, 5.74) is 0. The third-order valence-electron chi connectivity index (χ3n) is 7.42. The van der Waals surface area contributed by atoms with Crippen molar-refractivity contribution >= 4 is 18.9 Å². The first-order valence-corrected chi connectivity index (χ1v) is 12.7. The molecule has 0 rings (SSSR count). The van der Waals surface area contributed by atoms with E-state index in [0.29, 0.717) is 0 Å². The van der Waals surface area contributed by atoms with Crippen molar-refractivity contribution < 1.29 is 184 Å². The van der Waals surface area contributed by atoms with Gasteiger partial charge in [0.15, 0.2) is 0 Å². The Morgan fingerprint density at radius 3 is 0.190 bits per heavy atom. The van der Waals surface area contributed by atoms with Crippen LogP contribution in [0.5, 0.6) is 0 Å². The van der Waals surface area contributed by atoms with E-state index >= 15 is 0 Å². The molecule has 0 aliphatic heterocycles. The van der Waals surface area contributed by atoms with Crippen molar-refractivity contribution in [2.75, 3.05) is 0 Å². The number of halogens is 42. The summed E-state index contributed by atoms with van der Waals surface area (Å²) in [6.45, 7) is 0. The van der Waals surface area contributed by atoms with Crippen LogP contribution in [0.25, 0.3) is 0 Å². The van der Waals surface area contributed by atoms with E-state index in [-0.39, 0.29) is 18.9 Å².